The molecule has 0 unspecified atom stereocenters. The van der Waals surface area contributed by atoms with Crippen LogP contribution in [0.3, 0.4) is 0 Å². The summed E-state index contributed by atoms with van der Waals surface area (Å²) < 4.78 is 28.0. The van der Waals surface area contributed by atoms with Crippen molar-refractivity contribution in [3.63, 3.8) is 0 Å². The Hall–Kier alpha value is -0.930. The Morgan fingerprint density at radius 3 is 3.00 bits per heavy atom. The molecule has 1 aliphatic rings. The SMILES string of the molecule is CCc1cc2n(n1)CCCC2(F)F. The summed E-state index contributed by atoms with van der Waals surface area (Å²) in [6, 6.07) is 1.53. The normalized spacial score (nSPS) is 19.9. The second-order valence-electron chi connectivity index (χ2n) is 3.41. The summed E-state index contributed by atoms with van der Waals surface area (Å²) in [5.74, 6) is -2.67. The molecule has 0 N–H and O–H groups in total. The van der Waals surface area contributed by atoms with Crippen molar-refractivity contribution in [2.24, 2.45) is 0 Å². The van der Waals surface area contributed by atoms with Gasteiger partial charge in [0.05, 0.1) is 5.69 Å². The van der Waals surface area contributed by atoms with Crippen molar-refractivity contribution < 1.29 is 8.78 Å². The Balaban J connectivity index is 2.44. The monoisotopic (exact) mass is 186 g/mol. The first-order valence-corrected chi connectivity index (χ1v) is 4.58. The molecule has 1 aromatic heterocycles. The minimum absolute atomic E-state index is 0.0398. The molecule has 2 rings (SSSR count). The van der Waals surface area contributed by atoms with E-state index in [0.717, 1.165) is 12.1 Å². The molecule has 0 aliphatic carbocycles. The number of nitrogens with zero attached hydrogens (tertiary/aromatic N) is 2. The molecule has 2 heterocycles. The maximum absolute atomic E-state index is 13.3. The molecule has 13 heavy (non-hydrogen) atoms. The molecule has 72 valence electrons. The number of rotatable bonds is 1. The van der Waals surface area contributed by atoms with Gasteiger partial charge in [0.1, 0.15) is 5.69 Å². The van der Waals surface area contributed by atoms with Crippen LogP contribution >= 0.6 is 0 Å². The van der Waals surface area contributed by atoms with E-state index in [1.807, 2.05) is 6.92 Å². The molecule has 0 bridgehead atoms. The summed E-state index contributed by atoms with van der Waals surface area (Å²) in [5, 5.41) is 4.10. The topological polar surface area (TPSA) is 17.8 Å². The van der Waals surface area contributed by atoms with E-state index >= 15 is 0 Å². The molecular formula is C9H12F2N2. The quantitative estimate of drug-likeness (QED) is 0.658. The largest absolute Gasteiger partial charge is 0.289 e. The number of aromatic nitrogens is 2. The summed E-state index contributed by atoms with van der Waals surface area (Å²) in [4.78, 5) is 0. The lowest BCUT2D eigenvalue weighted by atomic mass is 10.1. The van der Waals surface area contributed by atoms with Gasteiger partial charge >= 0.3 is 0 Å². The fourth-order valence-electron chi connectivity index (χ4n) is 1.69. The van der Waals surface area contributed by atoms with E-state index in [1.54, 1.807) is 0 Å². The van der Waals surface area contributed by atoms with Crippen molar-refractivity contribution in [3.05, 3.63) is 17.5 Å². The second kappa shape index (κ2) is 2.79. The maximum Gasteiger partial charge on any atom is 0.289 e. The zero-order valence-corrected chi connectivity index (χ0v) is 7.56. The van der Waals surface area contributed by atoms with Crippen LogP contribution in [0.4, 0.5) is 8.78 Å². The van der Waals surface area contributed by atoms with Crippen LogP contribution in [0.25, 0.3) is 0 Å². The average molecular weight is 186 g/mol. The fourth-order valence-corrected chi connectivity index (χ4v) is 1.69. The lowest BCUT2D eigenvalue weighted by molar-refractivity contribution is -0.0364. The predicted octanol–water partition coefficient (Wildman–Crippen LogP) is 2.33. The Labute approximate surface area is 75.6 Å². The molecule has 0 aromatic carbocycles. The molecule has 0 radical (unpaired) electrons. The average Bonchev–Trinajstić information content (AvgIpc) is 2.48. The highest BCUT2D eigenvalue weighted by molar-refractivity contribution is 5.16. The first-order chi connectivity index (χ1) is 6.13. The van der Waals surface area contributed by atoms with Gasteiger partial charge in [-0.15, -0.1) is 0 Å². The van der Waals surface area contributed by atoms with Crippen LogP contribution in [0, 0.1) is 0 Å². The third kappa shape index (κ3) is 1.34. The summed E-state index contributed by atoms with van der Waals surface area (Å²) in [5.41, 5.74) is 0.854. The molecular weight excluding hydrogens is 174 g/mol. The van der Waals surface area contributed by atoms with E-state index in [2.05, 4.69) is 5.10 Å². The molecule has 0 fully saturated rings. The van der Waals surface area contributed by atoms with Gasteiger partial charge in [0, 0.05) is 13.0 Å². The van der Waals surface area contributed by atoms with E-state index in [4.69, 9.17) is 0 Å². The predicted molar refractivity (Wildman–Crippen MR) is 44.7 cm³/mol. The number of aryl methyl sites for hydroxylation is 2. The highest BCUT2D eigenvalue weighted by Gasteiger charge is 2.38. The van der Waals surface area contributed by atoms with E-state index in [-0.39, 0.29) is 12.1 Å². The maximum atomic E-state index is 13.3. The van der Waals surface area contributed by atoms with Gasteiger partial charge in [-0.2, -0.15) is 13.9 Å². The van der Waals surface area contributed by atoms with Gasteiger partial charge in [0.25, 0.3) is 5.92 Å². The van der Waals surface area contributed by atoms with Crippen LogP contribution in [0.15, 0.2) is 6.07 Å². The first kappa shape index (κ1) is 8.66. The van der Waals surface area contributed by atoms with Crippen molar-refractivity contribution in [2.45, 2.75) is 38.7 Å². The molecule has 0 atom stereocenters. The summed E-state index contributed by atoms with van der Waals surface area (Å²) in [7, 11) is 0. The van der Waals surface area contributed by atoms with Crippen LogP contribution in [-0.2, 0) is 18.9 Å². The second-order valence-corrected chi connectivity index (χ2v) is 3.41. The van der Waals surface area contributed by atoms with E-state index in [0.29, 0.717) is 13.0 Å². The van der Waals surface area contributed by atoms with Gasteiger partial charge in [-0.1, -0.05) is 6.92 Å². The van der Waals surface area contributed by atoms with Crippen LogP contribution in [0.1, 0.15) is 31.2 Å². The standard InChI is InChI=1S/C9H12F2N2/c1-2-7-6-8-9(10,11)4-3-5-13(8)12-7/h6H,2-5H2,1H3. The molecule has 0 spiro atoms. The molecule has 0 saturated heterocycles. The van der Waals surface area contributed by atoms with E-state index in [9.17, 15) is 8.78 Å². The highest BCUT2D eigenvalue weighted by Crippen LogP contribution is 2.36. The van der Waals surface area contributed by atoms with Gasteiger partial charge in [-0.3, -0.25) is 4.68 Å². The highest BCUT2D eigenvalue weighted by atomic mass is 19.3. The lowest BCUT2D eigenvalue weighted by Crippen LogP contribution is -2.25. The van der Waals surface area contributed by atoms with E-state index < -0.39 is 5.92 Å². The van der Waals surface area contributed by atoms with Gasteiger partial charge in [-0.05, 0) is 18.9 Å². The van der Waals surface area contributed by atoms with Crippen LogP contribution in [0.2, 0.25) is 0 Å². The van der Waals surface area contributed by atoms with Gasteiger partial charge in [-0.25, -0.2) is 0 Å². The zero-order valence-electron chi connectivity index (χ0n) is 7.56. The third-order valence-corrected chi connectivity index (χ3v) is 2.43. The Bertz CT molecular complexity index is 317. The number of halogens is 2. The minimum Gasteiger partial charge on any atom is -0.263 e. The van der Waals surface area contributed by atoms with Crippen LogP contribution in [-0.4, -0.2) is 9.78 Å². The third-order valence-electron chi connectivity index (χ3n) is 2.43. The molecule has 1 aliphatic heterocycles. The van der Waals surface area contributed by atoms with Crippen molar-refractivity contribution >= 4 is 0 Å². The van der Waals surface area contributed by atoms with Crippen molar-refractivity contribution in [1.29, 1.82) is 0 Å². The zero-order chi connectivity index (χ0) is 9.47. The number of alkyl halides is 2. The Morgan fingerprint density at radius 2 is 2.38 bits per heavy atom. The van der Waals surface area contributed by atoms with Gasteiger partial charge in [0.15, 0.2) is 0 Å². The van der Waals surface area contributed by atoms with Crippen molar-refractivity contribution in [2.75, 3.05) is 0 Å². The fraction of sp³-hybridized carbons (Fsp3) is 0.667. The van der Waals surface area contributed by atoms with Crippen LogP contribution in [0.5, 0.6) is 0 Å². The van der Waals surface area contributed by atoms with Crippen molar-refractivity contribution in [1.82, 2.24) is 9.78 Å². The molecule has 1 aromatic rings. The number of hydrogen-bond acceptors (Lipinski definition) is 1. The summed E-state index contributed by atoms with van der Waals surface area (Å²) >= 11 is 0. The Kier molecular flexibility index (Phi) is 1.86. The molecule has 4 heteroatoms. The smallest absolute Gasteiger partial charge is 0.263 e. The summed E-state index contributed by atoms with van der Waals surface area (Å²) in [6.45, 7) is 2.55. The summed E-state index contributed by atoms with van der Waals surface area (Å²) in [6.07, 6.45) is 1.20. The molecule has 0 amide bonds. The molecule has 0 saturated carbocycles. The minimum atomic E-state index is -2.67. The number of hydrogen-bond donors (Lipinski definition) is 0. The first-order valence-electron chi connectivity index (χ1n) is 4.58. The van der Waals surface area contributed by atoms with Crippen LogP contribution < -0.4 is 0 Å². The Morgan fingerprint density at radius 1 is 1.62 bits per heavy atom. The lowest BCUT2D eigenvalue weighted by Gasteiger charge is -2.22. The van der Waals surface area contributed by atoms with Gasteiger partial charge < -0.3 is 0 Å². The van der Waals surface area contributed by atoms with Crippen molar-refractivity contribution in [3.8, 4) is 0 Å². The van der Waals surface area contributed by atoms with E-state index in [1.165, 1.54) is 10.7 Å². The molecule has 2 nitrogen and oxygen atoms in total. The number of fused-ring (bicyclic) bond motifs is 1. The van der Waals surface area contributed by atoms with Gasteiger partial charge in [0.2, 0.25) is 0 Å².